The molecule has 0 radical (unpaired) electrons. The van der Waals surface area contributed by atoms with E-state index in [4.69, 9.17) is 9.47 Å². The smallest absolute Gasteiger partial charge is 0.323 e. The summed E-state index contributed by atoms with van der Waals surface area (Å²) in [7, 11) is 2.61. The summed E-state index contributed by atoms with van der Waals surface area (Å²) in [4.78, 5) is 25.7. The van der Waals surface area contributed by atoms with Crippen molar-refractivity contribution in [2.75, 3.05) is 14.2 Å². The van der Waals surface area contributed by atoms with Gasteiger partial charge in [0.25, 0.3) is 0 Å². The summed E-state index contributed by atoms with van der Waals surface area (Å²) in [5.41, 5.74) is 3.00. The SMILES string of the molecule is C=C1C#CC2=C(CCC2)CC(C(=O)OC)(C(=O)OC)Cc2ccccc21. The number of methoxy groups -OCH3 is 2. The minimum Gasteiger partial charge on any atom is -0.468 e. The lowest BCUT2D eigenvalue weighted by molar-refractivity contribution is -0.169. The van der Waals surface area contributed by atoms with Gasteiger partial charge in [-0.2, -0.15) is 0 Å². The maximum absolute atomic E-state index is 12.8. The summed E-state index contributed by atoms with van der Waals surface area (Å²) < 4.78 is 10.1. The number of esters is 2. The van der Waals surface area contributed by atoms with Gasteiger partial charge < -0.3 is 9.47 Å². The van der Waals surface area contributed by atoms with Gasteiger partial charge in [0.1, 0.15) is 0 Å². The highest BCUT2D eigenvalue weighted by Gasteiger charge is 2.50. The molecule has 0 spiro atoms. The van der Waals surface area contributed by atoms with Crippen LogP contribution in [0.2, 0.25) is 0 Å². The van der Waals surface area contributed by atoms with Crippen LogP contribution >= 0.6 is 0 Å². The minimum absolute atomic E-state index is 0.194. The third-order valence-corrected chi connectivity index (χ3v) is 5.20. The highest BCUT2D eigenvalue weighted by atomic mass is 16.5. The molecule has 1 aromatic carbocycles. The van der Waals surface area contributed by atoms with Crippen LogP contribution in [-0.4, -0.2) is 26.2 Å². The Balaban J connectivity index is 2.25. The van der Waals surface area contributed by atoms with Gasteiger partial charge in [0.05, 0.1) is 14.2 Å². The van der Waals surface area contributed by atoms with Gasteiger partial charge in [-0.25, -0.2) is 0 Å². The molecule has 3 rings (SSSR count). The molecule has 0 bridgehead atoms. The fraction of sp³-hybridized carbons (Fsp3) is 0.364. The van der Waals surface area contributed by atoms with E-state index in [1.54, 1.807) is 0 Å². The second kappa shape index (κ2) is 7.21. The van der Waals surface area contributed by atoms with Crippen molar-refractivity contribution in [2.45, 2.75) is 32.1 Å². The zero-order chi connectivity index (χ0) is 18.7. The summed E-state index contributed by atoms with van der Waals surface area (Å²) in [5.74, 6) is 5.23. The monoisotopic (exact) mass is 350 g/mol. The number of fused-ring (bicyclic) bond motifs is 1. The molecular weight excluding hydrogens is 328 g/mol. The highest BCUT2D eigenvalue weighted by Crippen LogP contribution is 2.41. The normalized spacial score (nSPS) is 18.2. The van der Waals surface area contributed by atoms with E-state index in [0.717, 1.165) is 41.5 Å². The van der Waals surface area contributed by atoms with E-state index in [-0.39, 0.29) is 12.8 Å². The predicted octanol–water partition coefficient (Wildman–Crippen LogP) is 3.46. The fourth-order valence-corrected chi connectivity index (χ4v) is 3.85. The molecule has 0 amide bonds. The average molecular weight is 350 g/mol. The molecule has 0 N–H and O–H groups in total. The van der Waals surface area contributed by atoms with Crippen LogP contribution in [0.4, 0.5) is 0 Å². The number of allylic oxidation sites excluding steroid dienone is 3. The number of carbonyl (C=O) groups is 2. The predicted molar refractivity (Wildman–Crippen MR) is 98.9 cm³/mol. The largest absolute Gasteiger partial charge is 0.468 e. The Morgan fingerprint density at radius 1 is 1.04 bits per heavy atom. The molecule has 2 aliphatic rings. The van der Waals surface area contributed by atoms with E-state index >= 15 is 0 Å². The topological polar surface area (TPSA) is 52.6 Å². The molecular formula is C22H22O4. The number of ether oxygens (including phenoxy) is 2. The molecule has 2 aliphatic carbocycles. The van der Waals surface area contributed by atoms with Crippen molar-refractivity contribution in [3.8, 4) is 11.8 Å². The van der Waals surface area contributed by atoms with Gasteiger partial charge in [-0.15, -0.1) is 0 Å². The van der Waals surface area contributed by atoms with Crippen molar-refractivity contribution >= 4 is 17.5 Å². The summed E-state index contributed by atoms with van der Waals surface area (Å²) >= 11 is 0. The first kappa shape index (κ1) is 18.0. The maximum Gasteiger partial charge on any atom is 0.323 e. The van der Waals surface area contributed by atoms with Crippen molar-refractivity contribution in [3.63, 3.8) is 0 Å². The van der Waals surface area contributed by atoms with E-state index in [0.29, 0.717) is 5.57 Å². The van der Waals surface area contributed by atoms with Crippen LogP contribution in [0, 0.1) is 17.3 Å². The Morgan fingerprint density at radius 3 is 2.42 bits per heavy atom. The second-order valence-electron chi connectivity index (χ2n) is 6.74. The van der Waals surface area contributed by atoms with Gasteiger partial charge >= 0.3 is 11.9 Å². The highest BCUT2D eigenvalue weighted by molar-refractivity contribution is 6.01. The van der Waals surface area contributed by atoms with Gasteiger partial charge in [0.2, 0.25) is 0 Å². The van der Waals surface area contributed by atoms with Crippen LogP contribution in [0.1, 0.15) is 36.8 Å². The Hall–Kier alpha value is -2.80. The first-order valence-corrected chi connectivity index (χ1v) is 8.69. The van der Waals surface area contributed by atoms with Crippen LogP contribution in [0.3, 0.4) is 0 Å². The van der Waals surface area contributed by atoms with Crippen molar-refractivity contribution < 1.29 is 19.1 Å². The van der Waals surface area contributed by atoms with E-state index in [2.05, 4.69) is 18.4 Å². The minimum atomic E-state index is -1.41. The number of rotatable bonds is 2. The van der Waals surface area contributed by atoms with E-state index in [1.165, 1.54) is 14.2 Å². The van der Waals surface area contributed by atoms with Gasteiger partial charge in [-0.05, 0) is 36.8 Å². The van der Waals surface area contributed by atoms with Gasteiger partial charge in [0, 0.05) is 17.6 Å². The fourth-order valence-electron chi connectivity index (χ4n) is 3.85. The standard InChI is InChI=1S/C22H22O4/c1-15-11-12-16-8-6-9-17(16)13-22(20(23)25-2,21(24)26-3)14-18-7-4-5-10-19(15)18/h4-5,7,10H,1,6,8-9,13-14H2,2-3H3. The zero-order valence-electron chi connectivity index (χ0n) is 15.2. The molecule has 4 nitrogen and oxygen atoms in total. The summed E-state index contributed by atoms with van der Waals surface area (Å²) in [6, 6.07) is 7.59. The molecule has 134 valence electrons. The third-order valence-electron chi connectivity index (χ3n) is 5.20. The van der Waals surface area contributed by atoms with Gasteiger partial charge in [0.15, 0.2) is 5.41 Å². The molecule has 26 heavy (non-hydrogen) atoms. The zero-order valence-corrected chi connectivity index (χ0v) is 15.2. The van der Waals surface area contributed by atoms with Gasteiger partial charge in [-0.3, -0.25) is 9.59 Å². The molecule has 0 unspecified atom stereocenters. The number of hydrogen-bond acceptors (Lipinski definition) is 4. The lowest BCUT2D eigenvalue weighted by Gasteiger charge is -2.30. The average Bonchev–Trinajstić information content (AvgIpc) is 3.11. The lowest BCUT2D eigenvalue weighted by Crippen LogP contribution is -2.44. The third kappa shape index (κ3) is 3.06. The number of carbonyl (C=O) groups excluding carboxylic acids is 2. The summed E-state index contributed by atoms with van der Waals surface area (Å²) in [5, 5.41) is 0. The maximum atomic E-state index is 12.8. The lowest BCUT2D eigenvalue weighted by atomic mass is 9.74. The molecule has 0 aliphatic heterocycles. The van der Waals surface area contributed by atoms with E-state index < -0.39 is 17.4 Å². The Kier molecular flexibility index (Phi) is 4.99. The number of hydrogen-bond donors (Lipinski definition) is 0. The summed E-state index contributed by atoms with van der Waals surface area (Å²) in [6.45, 7) is 4.09. The Bertz CT molecular complexity index is 848. The molecule has 0 saturated carbocycles. The van der Waals surface area contributed by atoms with E-state index in [9.17, 15) is 9.59 Å². The first-order chi connectivity index (χ1) is 12.5. The molecule has 0 fully saturated rings. The van der Waals surface area contributed by atoms with E-state index in [1.807, 2.05) is 24.3 Å². The molecule has 0 heterocycles. The van der Waals surface area contributed by atoms with Crippen LogP contribution < -0.4 is 0 Å². The molecule has 0 atom stereocenters. The van der Waals surface area contributed by atoms with Gasteiger partial charge in [-0.1, -0.05) is 48.3 Å². The van der Waals surface area contributed by atoms with Crippen molar-refractivity contribution in [1.82, 2.24) is 0 Å². The molecule has 0 saturated heterocycles. The second-order valence-corrected chi connectivity index (χ2v) is 6.74. The van der Waals surface area contributed by atoms with Crippen molar-refractivity contribution in [2.24, 2.45) is 5.41 Å². The molecule has 4 heteroatoms. The molecule has 0 aromatic heterocycles. The van der Waals surface area contributed by atoms with Crippen LogP contribution in [0.5, 0.6) is 0 Å². The van der Waals surface area contributed by atoms with Crippen molar-refractivity contribution in [3.05, 3.63) is 53.1 Å². The first-order valence-electron chi connectivity index (χ1n) is 8.69. The quantitative estimate of drug-likeness (QED) is 0.466. The van der Waals surface area contributed by atoms with Crippen molar-refractivity contribution in [1.29, 1.82) is 0 Å². The summed E-state index contributed by atoms with van der Waals surface area (Å²) in [6.07, 6.45) is 3.12. The number of benzene rings is 1. The van der Waals surface area contributed by atoms with Crippen LogP contribution in [0.25, 0.3) is 5.57 Å². The Morgan fingerprint density at radius 2 is 1.73 bits per heavy atom. The Labute approximate surface area is 153 Å². The molecule has 1 aromatic rings. The van der Waals surface area contributed by atoms with Crippen LogP contribution in [0.15, 0.2) is 42.0 Å². The van der Waals surface area contributed by atoms with Crippen LogP contribution in [-0.2, 0) is 25.5 Å².